The smallest absolute Gasteiger partial charge is 0.169 e. The topological polar surface area (TPSA) is 34.3 Å². The fraction of sp³-hybridized carbons (Fsp3) is 0.333. The molecule has 3 heteroatoms. The number of ether oxygens (including phenoxy) is 3. The third-order valence-corrected chi connectivity index (χ3v) is 1.02. The SMILES string of the molecule is C(OC=C1CO1)=C1CO1. The van der Waals surface area contributed by atoms with Crippen LogP contribution in [0.1, 0.15) is 0 Å². The van der Waals surface area contributed by atoms with Crippen LogP contribution in [-0.2, 0) is 14.2 Å². The molecule has 0 spiro atoms. The first-order valence-electron chi connectivity index (χ1n) is 2.74. The predicted molar refractivity (Wildman–Crippen MR) is 29.2 cm³/mol. The van der Waals surface area contributed by atoms with Gasteiger partial charge in [-0.3, -0.25) is 0 Å². The van der Waals surface area contributed by atoms with Gasteiger partial charge in [0.2, 0.25) is 0 Å². The van der Waals surface area contributed by atoms with Crippen molar-refractivity contribution in [1.82, 2.24) is 0 Å². The quantitative estimate of drug-likeness (QED) is 0.404. The molecular weight excluding hydrogens is 120 g/mol. The molecule has 0 aromatic rings. The van der Waals surface area contributed by atoms with Crippen LogP contribution in [0.25, 0.3) is 0 Å². The lowest BCUT2D eigenvalue weighted by Crippen LogP contribution is -1.63. The Balaban J connectivity index is 1.77. The molecule has 2 fully saturated rings. The molecule has 0 aliphatic carbocycles. The largest absolute Gasteiger partial charge is 0.483 e. The molecule has 0 aromatic carbocycles. The van der Waals surface area contributed by atoms with Gasteiger partial charge in [-0.1, -0.05) is 0 Å². The fourth-order valence-electron chi connectivity index (χ4n) is 0.405. The van der Waals surface area contributed by atoms with Crippen LogP contribution in [0.3, 0.4) is 0 Å². The summed E-state index contributed by atoms with van der Waals surface area (Å²) in [6.07, 6.45) is 3.16. The molecule has 0 unspecified atom stereocenters. The van der Waals surface area contributed by atoms with Crippen LogP contribution in [0.5, 0.6) is 0 Å². The van der Waals surface area contributed by atoms with E-state index in [2.05, 4.69) is 0 Å². The van der Waals surface area contributed by atoms with Crippen molar-refractivity contribution in [2.45, 2.75) is 0 Å². The van der Waals surface area contributed by atoms with Gasteiger partial charge in [0.15, 0.2) is 11.5 Å². The fourth-order valence-corrected chi connectivity index (χ4v) is 0.405. The van der Waals surface area contributed by atoms with E-state index >= 15 is 0 Å². The van der Waals surface area contributed by atoms with E-state index in [4.69, 9.17) is 14.2 Å². The molecule has 9 heavy (non-hydrogen) atoms. The normalized spacial score (nSPS) is 29.3. The molecule has 2 aliphatic rings. The summed E-state index contributed by atoms with van der Waals surface area (Å²) in [6, 6.07) is 0. The first-order valence-corrected chi connectivity index (χ1v) is 2.74. The summed E-state index contributed by atoms with van der Waals surface area (Å²) in [6.45, 7) is 1.42. The average Bonchev–Trinajstić information content (AvgIpc) is 2.57. The Kier molecular flexibility index (Phi) is 0.886. The molecule has 0 aromatic heterocycles. The Morgan fingerprint density at radius 2 is 1.56 bits per heavy atom. The molecule has 0 N–H and O–H groups in total. The third kappa shape index (κ3) is 1.38. The van der Waals surface area contributed by atoms with Crippen LogP contribution in [-0.4, -0.2) is 13.2 Å². The lowest BCUT2D eigenvalue weighted by molar-refractivity contribution is 0.375. The first-order chi connectivity index (χ1) is 4.45. The zero-order valence-electron chi connectivity index (χ0n) is 4.79. The summed E-state index contributed by atoms with van der Waals surface area (Å²) in [5.41, 5.74) is 0. The molecule has 2 heterocycles. The van der Waals surface area contributed by atoms with Crippen molar-refractivity contribution in [2.75, 3.05) is 13.2 Å². The highest BCUT2D eigenvalue weighted by atomic mass is 16.6. The van der Waals surface area contributed by atoms with Crippen LogP contribution in [0.2, 0.25) is 0 Å². The molecule has 0 bridgehead atoms. The highest BCUT2D eigenvalue weighted by Crippen LogP contribution is 2.16. The second-order valence-corrected chi connectivity index (χ2v) is 1.88. The number of hydrogen-bond donors (Lipinski definition) is 0. The van der Waals surface area contributed by atoms with Crippen LogP contribution in [0.15, 0.2) is 24.0 Å². The van der Waals surface area contributed by atoms with Gasteiger partial charge in [0, 0.05) is 0 Å². The first kappa shape index (κ1) is 4.73. The van der Waals surface area contributed by atoms with Gasteiger partial charge in [-0.2, -0.15) is 0 Å². The lowest BCUT2D eigenvalue weighted by Gasteiger charge is -1.80. The van der Waals surface area contributed by atoms with Gasteiger partial charge < -0.3 is 14.2 Å². The minimum Gasteiger partial charge on any atom is -0.483 e. The van der Waals surface area contributed by atoms with E-state index in [1.54, 1.807) is 12.5 Å². The number of hydrogen-bond acceptors (Lipinski definition) is 3. The van der Waals surface area contributed by atoms with Gasteiger partial charge in [0.05, 0.1) is 0 Å². The maximum absolute atomic E-state index is 4.91. The molecule has 0 saturated carbocycles. The Labute approximate surface area is 52.5 Å². The zero-order valence-corrected chi connectivity index (χ0v) is 4.79. The predicted octanol–water partition coefficient (Wildman–Crippen LogP) is 0.746. The van der Waals surface area contributed by atoms with Crippen molar-refractivity contribution >= 4 is 0 Å². The van der Waals surface area contributed by atoms with E-state index in [1.165, 1.54) is 0 Å². The van der Waals surface area contributed by atoms with E-state index < -0.39 is 0 Å². The summed E-state index contributed by atoms with van der Waals surface area (Å²) in [5, 5.41) is 0. The van der Waals surface area contributed by atoms with Gasteiger partial charge in [-0.15, -0.1) is 0 Å². The molecule has 48 valence electrons. The summed E-state index contributed by atoms with van der Waals surface area (Å²) >= 11 is 0. The number of rotatable bonds is 2. The average molecular weight is 126 g/mol. The lowest BCUT2D eigenvalue weighted by atomic mass is 10.7. The van der Waals surface area contributed by atoms with Crippen molar-refractivity contribution in [2.24, 2.45) is 0 Å². The highest BCUT2D eigenvalue weighted by Gasteiger charge is 2.14. The van der Waals surface area contributed by atoms with E-state index in [0.29, 0.717) is 13.2 Å². The summed E-state index contributed by atoms with van der Waals surface area (Å²) in [7, 11) is 0. The zero-order chi connectivity index (χ0) is 6.10. The van der Waals surface area contributed by atoms with Crippen molar-refractivity contribution in [3.05, 3.63) is 24.0 Å². The van der Waals surface area contributed by atoms with Crippen LogP contribution in [0.4, 0.5) is 0 Å². The minimum atomic E-state index is 0.712. The molecule has 0 radical (unpaired) electrons. The summed E-state index contributed by atoms with van der Waals surface area (Å²) in [5.74, 6) is 1.79. The van der Waals surface area contributed by atoms with Crippen molar-refractivity contribution in [3.63, 3.8) is 0 Å². The van der Waals surface area contributed by atoms with Gasteiger partial charge >= 0.3 is 0 Å². The second kappa shape index (κ2) is 1.69. The van der Waals surface area contributed by atoms with Crippen LogP contribution < -0.4 is 0 Å². The molecular formula is C6H6O3. The van der Waals surface area contributed by atoms with E-state index in [0.717, 1.165) is 11.5 Å². The molecule has 2 saturated heterocycles. The van der Waals surface area contributed by atoms with Gasteiger partial charge in [0.25, 0.3) is 0 Å². The summed E-state index contributed by atoms with van der Waals surface area (Å²) < 4.78 is 14.5. The van der Waals surface area contributed by atoms with Crippen molar-refractivity contribution in [1.29, 1.82) is 0 Å². The van der Waals surface area contributed by atoms with Gasteiger partial charge in [-0.25, -0.2) is 0 Å². The molecule has 2 aliphatic heterocycles. The van der Waals surface area contributed by atoms with E-state index in [9.17, 15) is 0 Å². The minimum absolute atomic E-state index is 0.712. The Morgan fingerprint density at radius 3 is 1.89 bits per heavy atom. The summed E-state index contributed by atoms with van der Waals surface area (Å²) in [4.78, 5) is 0. The Bertz CT molecular complexity index is 149. The van der Waals surface area contributed by atoms with Crippen LogP contribution >= 0.6 is 0 Å². The highest BCUT2D eigenvalue weighted by molar-refractivity contribution is 5.04. The van der Waals surface area contributed by atoms with Crippen LogP contribution in [0, 0.1) is 0 Å². The Hall–Kier alpha value is -1.12. The maximum atomic E-state index is 4.91. The monoisotopic (exact) mass is 126 g/mol. The Morgan fingerprint density at radius 1 is 1.11 bits per heavy atom. The van der Waals surface area contributed by atoms with E-state index in [-0.39, 0.29) is 0 Å². The van der Waals surface area contributed by atoms with Gasteiger partial charge in [0.1, 0.15) is 25.7 Å². The van der Waals surface area contributed by atoms with Gasteiger partial charge in [-0.05, 0) is 0 Å². The number of epoxide rings is 2. The molecule has 0 amide bonds. The third-order valence-electron chi connectivity index (χ3n) is 1.02. The standard InChI is InChI=1S/C6H6O3/c1(5-3-8-5)7-2-6-4-9-6/h1-2H,3-4H2. The van der Waals surface area contributed by atoms with Crippen molar-refractivity contribution in [3.8, 4) is 0 Å². The molecule has 3 nitrogen and oxygen atoms in total. The van der Waals surface area contributed by atoms with E-state index in [1.807, 2.05) is 0 Å². The molecule has 2 rings (SSSR count). The second-order valence-electron chi connectivity index (χ2n) is 1.88. The maximum Gasteiger partial charge on any atom is 0.169 e. The van der Waals surface area contributed by atoms with Crippen molar-refractivity contribution < 1.29 is 14.2 Å². The molecule has 0 atom stereocenters.